The fourth-order valence-electron chi connectivity index (χ4n) is 5.51. The average molecular weight is 647 g/mol. The first-order valence-electron chi connectivity index (χ1n) is 13.4. The maximum Gasteiger partial charge on any atom is 0.336 e. The van der Waals surface area contributed by atoms with Crippen LogP contribution in [-0.4, -0.2) is 58.3 Å². The number of hydrogen-bond acceptors (Lipinski definition) is 9. The molecular formula is C31H36BrNO7S. The molecule has 2 aromatic rings. The van der Waals surface area contributed by atoms with Gasteiger partial charge in [-0.2, -0.15) is 11.8 Å². The van der Waals surface area contributed by atoms with Crippen LogP contribution in [0.2, 0.25) is 0 Å². The summed E-state index contributed by atoms with van der Waals surface area (Å²) in [4.78, 5) is 27.6. The van der Waals surface area contributed by atoms with Gasteiger partial charge >= 0.3 is 5.97 Å². The van der Waals surface area contributed by atoms with Gasteiger partial charge in [0, 0.05) is 35.1 Å². The van der Waals surface area contributed by atoms with E-state index in [4.69, 9.17) is 23.7 Å². The number of thioether (sulfide) groups is 1. The fraction of sp³-hybridized carbons (Fsp3) is 0.419. The summed E-state index contributed by atoms with van der Waals surface area (Å²) in [6, 6.07) is 9.45. The lowest BCUT2D eigenvalue weighted by atomic mass is 9.71. The second-order valence-electron chi connectivity index (χ2n) is 9.70. The van der Waals surface area contributed by atoms with Gasteiger partial charge in [0.2, 0.25) is 0 Å². The highest BCUT2D eigenvalue weighted by Gasteiger charge is 2.42. The summed E-state index contributed by atoms with van der Waals surface area (Å²) >= 11 is 5.29. The van der Waals surface area contributed by atoms with Crippen molar-refractivity contribution in [2.45, 2.75) is 38.5 Å². The maximum absolute atomic E-state index is 14.0. The number of ketones is 1. The van der Waals surface area contributed by atoms with Crippen LogP contribution in [-0.2, 0) is 14.3 Å². The van der Waals surface area contributed by atoms with Gasteiger partial charge in [0.05, 0.1) is 38.5 Å². The Morgan fingerprint density at radius 2 is 1.68 bits per heavy atom. The minimum atomic E-state index is -0.632. The van der Waals surface area contributed by atoms with Gasteiger partial charge in [-0.05, 0) is 76.3 Å². The first-order chi connectivity index (χ1) is 19.8. The van der Waals surface area contributed by atoms with E-state index < -0.39 is 11.9 Å². The van der Waals surface area contributed by atoms with Crippen LogP contribution in [0.15, 0.2) is 57.3 Å². The van der Waals surface area contributed by atoms with Crippen molar-refractivity contribution in [2.75, 3.05) is 46.6 Å². The van der Waals surface area contributed by atoms with Crippen molar-refractivity contribution in [3.63, 3.8) is 0 Å². The summed E-state index contributed by atoms with van der Waals surface area (Å²) in [5.74, 6) is 2.74. The lowest BCUT2D eigenvalue weighted by Crippen LogP contribution is -2.36. The first-order valence-corrected chi connectivity index (χ1v) is 15.3. The Kier molecular flexibility index (Phi) is 10.3. The normalized spacial score (nSPS) is 18.5. The van der Waals surface area contributed by atoms with Gasteiger partial charge in [-0.25, -0.2) is 4.79 Å². The van der Waals surface area contributed by atoms with E-state index >= 15 is 0 Å². The molecule has 220 valence electrons. The molecule has 0 unspecified atom stereocenters. The number of methoxy groups -OCH3 is 4. The highest BCUT2D eigenvalue weighted by Crippen LogP contribution is 2.49. The zero-order valence-electron chi connectivity index (χ0n) is 24.2. The van der Waals surface area contributed by atoms with E-state index in [1.807, 2.05) is 37.3 Å². The number of benzene rings is 2. The minimum Gasteiger partial charge on any atom is -0.493 e. The molecule has 10 heteroatoms. The number of esters is 1. The van der Waals surface area contributed by atoms with E-state index in [0.29, 0.717) is 56.5 Å². The van der Waals surface area contributed by atoms with Crippen LogP contribution >= 0.6 is 27.7 Å². The van der Waals surface area contributed by atoms with E-state index in [1.54, 1.807) is 40.2 Å². The Labute approximate surface area is 253 Å². The number of halogens is 1. The molecule has 2 aliphatic rings. The van der Waals surface area contributed by atoms with E-state index in [2.05, 4.69) is 28.2 Å². The SMILES string of the molecule is CCSCCOC(=O)C1=C(C)NC2=C(C(=O)C[C@H](c3ccc(OC)c(OC)c3)C2)[C@@H]1c1cc(Br)c(OC)c(OC)c1. The van der Waals surface area contributed by atoms with Crippen molar-refractivity contribution in [3.8, 4) is 23.0 Å². The summed E-state index contributed by atoms with van der Waals surface area (Å²) in [5, 5.41) is 3.41. The number of allylic oxidation sites excluding steroid dienone is 3. The zero-order chi connectivity index (χ0) is 29.7. The van der Waals surface area contributed by atoms with Gasteiger partial charge in [-0.1, -0.05) is 13.0 Å². The highest BCUT2D eigenvalue weighted by molar-refractivity contribution is 9.10. The number of rotatable bonds is 11. The van der Waals surface area contributed by atoms with Crippen molar-refractivity contribution in [2.24, 2.45) is 0 Å². The van der Waals surface area contributed by atoms with Crippen LogP contribution in [0.25, 0.3) is 0 Å². The third-order valence-corrected chi connectivity index (χ3v) is 8.83. The molecule has 1 heterocycles. The standard InChI is InChI=1S/C31H36BrNO7S/c1-7-41-11-10-40-31(35)27-17(2)33-22-13-19(18-8-9-24(36-3)25(15-18)37-4)14-23(34)29(22)28(27)20-12-21(32)30(39-6)26(16-20)38-5/h8-9,12,15-16,19,28,33H,7,10-11,13-14H2,1-6H3/t19-,28-/m1/s1. The molecule has 0 saturated carbocycles. The molecule has 2 atom stereocenters. The van der Waals surface area contributed by atoms with Crippen LogP contribution in [0.4, 0.5) is 0 Å². The smallest absolute Gasteiger partial charge is 0.336 e. The van der Waals surface area contributed by atoms with Gasteiger partial charge in [0.25, 0.3) is 0 Å². The summed E-state index contributed by atoms with van der Waals surface area (Å²) in [5.41, 5.74) is 4.16. The van der Waals surface area contributed by atoms with E-state index in [-0.39, 0.29) is 24.7 Å². The van der Waals surface area contributed by atoms with Crippen LogP contribution in [0.1, 0.15) is 49.7 Å². The topological polar surface area (TPSA) is 92.3 Å². The van der Waals surface area contributed by atoms with Crippen LogP contribution in [0.5, 0.6) is 23.0 Å². The van der Waals surface area contributed by atoms with E-state index in [9.17, 15) is 9.59 Å². The molecule has 2 aromatic carbocycles. The molecule has 1 aliphatic heterocycles. The second-order valence-corrected chi connectivity index (χ2v) is 12.0. The number of carbonyl (C=O) groups excluding carboxylic acids is 2. The van der Waals surface area contributed by atoms with Gasteiger partial charge in [-0.3, -0.25) is 4.79 Å². The van der Waals surface area contributed by atoms with Crippen LogP contribution < -0.4 is 24.3 Å². The lowest BCUT2D eigenvalue weighted by molar-refractivity contribution is -0.138. The summed E-state index contributed by atoms with van der Waals surface area (Å²) in [6.07, 6.45) is 0.879. The summed E-state index contributed by atoms with van der Waals surface area (Å²) < 4.78 is 28.4. The van der Waals surface area contributed by atoms with Crippen molar-refractivity contribution in [1.82, 2.24) is 5.32 Å². The Hall–Kier alpha value is -3.11. The molecule has 8 nitrogen and oxygen atoms in total. The van der Waals surface area contributed by atoms with Gasteiger partial charge in [-0.15, -0.1) is 0 Å². The molecule has 0 radical (unpaired) electrons. The number of dihydropyridines is 1. The molecule has 1 N–H and O–H groups in total. The van der Waals surface area contributed by atoms with Gasteiger partial charge in [0.15, 0.2) is 28.8 Å². The summed E-state index contributed by atoms with van der Waals surface area (Å²) in [6.45, 7) is 4.21. The largest absolute Gasteiger partial charge is 0.493 e. The number of nitrogens with one attached hydrogen (secondary N) is 1. The molecule has 41 heavy (non-hydrogen) atoms. The predicted molar refractivity (Wildman–Crippen MR) is 163 cm³/mol. The number of carbonyl (C=O) groups is 2. The monoisotopic (exact) mass is 645 g/mol. The van der Waals surface area contributed by atoms with E-state index in [0.717, 1.165) is 22.6 Å². The van der Waals surface area contributed by atoms with Gasteiger partial charge < -0.3 is 29.0 Å². The molecule has 0 amide bonds. The Morgan fingerprint density at radius 3 is 2.34 bits per heavy atom. The third kappa shape index (κ3) is 6.38. The maximum atomic E-state index is 14.0. The van der Waals surface area contributed by atoms with Crippen molar-refractivity contribution >= 4 is 39.4 Å². The first kappa shape index (κ1) is 30.8. The quantitative estimate of drug-likeness (QED) is 0.228. The fourth-order valence-corrected chi connectivity index (χ4v) is 6.62. The molecule has 0 aromatic heterocycles. The van der Waals surface area contributed by atoms with Crippen molar-refractivity contribution in [3.05, 3.63) is 68.5 Å². The Morgan fingerprint density at radius 1 is 0.976 bits per heavy atom. The van der Waals surface area contributed by atoms with Gasteiger partial charge in [0.1, 0.15) is 6.61 Å². The molecule has 0 spiro atoms. The van der Waals surface area contributed by atoms with Crippen molar-refractivity contribution < 1.29 is 33.3 Å². The number of hydrogen-bond donors (Lipinski definition) is 1. The second kappa shape index (κ2) is 13.7. The zero-order valence-corrected chi connectivity index (χ0v) is 26.6. The molecule has 0 saturated heterocycles. The van der Waals surface area contributed by atoms with Crippen molar-refractivity contribution in [1.29, 1.82) is 0 Å². The van der Waals surface area contributed by atoms with Crippen LogP contribution in [0.3, 0.4) is 0 Å². The Balaban J connectivity index is 1.79. The molecular weight excluding hydrogens is 610 g/mol. The molecule has 1 aliphatic carbocycles. The van der Waals surface area contributed by atoms with Crippen LogP contribution in [0, 0.1) is 0 Å². The number of Topliss-reactive ketones (excluding diaryl/α,β-unsaturated/α-hetero) is 1. The lowest BCUT2D eigenvalue weighted by Gasteiger charge is -2.37. The summed E-state index contributed by atoms with van der Waals surface area (Å²) in [7, 11) is 6.31. The Bertz CT molecular complexity index is 1390. The highest BCUT2D eigenvalue weighted by atomic mass is 79.9. The molecule has 0 fully saturated rings. The molecule has 0 bridgehead atoms. The van der Waals surface area contributed by atoms with E-state index in [1.165, 1.54) is 0 Å². The average Bonchev–Trinajstić information content (AvgIpc) is 2.97. The molecule has 4 rings (SSSR count). The third-order valence-electron chi connectivity index (χ3n) is 7.38. The predicted octanol–water partition coefficient (Wildman–Crippen LogP) is 6.14. The minimum absolute atomic E-state index is 0.0335. The number of ether oxygens (including phenoxy) is 5.